The fourth-order valence-electron chi connectivity index (χ4n) is 8.17. The van der Waals surface area contributed by atoms with Gasteiger partial charge in [-0.3, -0.25) is 0 Å². The van der Waals surface area contributed by atoms with Gasteiger partial charge in [0.05, 0.1) is 13.2 Å². The average Bonchev–Trinajstić information content (AvgIpc) is 2.86. The average molecular weight is 351 g/mol. The van der Waals surface area contributed by atoms with Gasteiger partial charge in [0.2, 0.25) is 0 Å². The Kier molecular flexibility index (Phi) is 4.74. The van der Waals surface area contributed by atoms with Gasteiger partial charge in [-0.25, -0.2) is 0 Å². The van der Waals surface area contributed by atoms with E-state index in [1.54, 1.807) is 0 Å². The third-order valence-corrected chi connectivity index (χ3v) is 9.72. The Bertz CT molecular complexity index is 496. The van der Waals surface area contributed by atoms with Gasteiger partial charge in [-0.1, -0.05) is 26.7 Å². The third kappa shape index (κ3) is 2.63. The van der Waals surface area contributed by atoms with E-state index in [-0.39, 0.29) is 12.0 Å². The Balaban J connectivity index is 1.55. The van der Waals surface area contributed by atoms with Crippen molar-refractivity contribution >= 4 is 0 Å². The van der Waals surface area contributed by atoms with Crippen molar-refractivity contribution < 1.29 is 15.5 Å². The highest BCUT2D eigenvalue weighted by molar-refractivity contribution is 5.13. The molecule has 0 radical (unpaired) electrons. The van der Waals surface area contributed by atoms with Crippen LogP contribution in [0.2, 0.25) is 0 Å². The van der Waals surface area contributed by atoms with Crippen molar-refractivity contribution in [1.29, 1.82) is 0 Å². The summed E-state index contributed by atoms with van der Waals surface area (Å²) < 4.78 is 0. The molecule has 25 heavy (non-hydrogen) atoms. The summed E-state index contributed by atoms with van der Waals surface area (Å²) in [6, 6.07) is 0. The molecule has 0 saturated heterocycles. The molecule has 7 atom stereocenters. The number of hydrogen-bond donors (Lipinski definition) is 3. The zero-order chi connectivity index (χ0) is 17.7. The van der Waals surface area contributed by atoms with E-state index in [4.69, 9.17) is 5.11 Å². The van der Waals surface area contributed by atoms with Crippen LogP contribution in [0.25, 0.3) is 0 Å². The minimum atomic E-state index is -0.526. The Morgan fingerprint density at radius 3 is 2.52 bits per heavy atom. The second-order valence-electron chi connectivity index (χ2n) is 10.4. The maximum absolute atomic E-state index is 11.5. The summed E-state index contributed by atoms with van der Waals surface area (Å²) in [4.78, 5) is 0. The van der Waals surface area contributed by atoms with E-state index in [9.17, 15) is 5.11 Å². The van der Waals surface area contributed by atoms with Crippen molar-refractivity contribution in [3.63, 3.8) is 0 Å². The summed E-state index contributed by atoms with van der Waals surface area (Å²) in [5, 5.41) is 22.8. The van der Waals surface area contributed by atoms with E-state index in [2.05, 4.69) is 19.2 Å². The van der Waals surface area contributed by atoms with E-state index < -0.39 is 5.60 Å². The molecule has 0 aliphatic heterocycles. The van der Waals surface area contributed by atoms with Crippen LogP contribution >= 0.6 is 0 Å². The van der Waals surface area contributed by atoms with E-state index in [0.29, 0.717) is 5.41 Å². The predicted molar refractivity (Wildman–Crippen MR) is 100 cm³/mol. The second-order valence-corrected chi connectivity index (χ2v) is 10.4. The first-order valence-electron chi connectivity index (χ1n) is 11.1. The van der Waals surface area contributed by atoms with E-state index >= 15 is 0 Å². The molecule has 3 heteroatoms. The Labute approximate surface area is 154 Å². The van der Waals surface area contributed by atoms with Crippen molar-refractivity contribution in [2.24, 2.45) is 34.5 Å². The van der Waals surface area contributed by atoms with Crippen LogP contribution in [0.5, 0.6) is 0 Å². The summed E-state index contributed by atoms with van der Waals surface area (Å²) in [7, 11) is 0. The highest BCUT2D eigenvalue weighted by Gasteiger charge is 2.64. The molecule has 0 aromatic carbocycles. The monoisotopic (exact) mass is 350 g/mol. The summed E-state index contributed by atoms with van der Waals surface area (Å²) in [5.74, 6) is 3.46. The molecule has 0 amide bonds. The molecule has 0 bridgehead atoms. The van der Waals surface area contributed by atoms with Gasteiger partial charge >= 0.3 is 0 Å². The first kappa shape index (κ1) is 18.3. The van der Waals surface area contributed by atoms with Crippen molar-refractivity contribution in [2.75, 3.05) is 19.7 Å². The summed E-state index contributed by atoms with van der Waals surface area (Å²) in [6.07, 6.45) is 13.4. The molecule has 0 spiro atoms. The van der Waals surface area contributed by atoms with E-state index in [0.717, 1.165) is 43.2 Å². The van der Waals surface area contributed by atoms with Gasteiger partial charge in [0.15, 0.2) is 0 Å². The lowest BCUT2D eigenvalue weighted by Crippen LogP contribution is -2.90. The van der Waals surface area contributed by atoms with Gasteiger partial charge < -0.3 is 15.5 Å². The molecule has 4 rings (SSSR count). The van der Waals surface area contributed by atoms with Crippen LogP contribution in [0.15, 0.2) is 0 Å². The molecule has 144 valence electrons. The standard InChI is InChI=1S/C22H39NO2/c1-20-10-4-3-5-16(20)6-7-17-18(20)8-11-21(2)19(17)9-12-22(21,25)15-23-13-14-24/h16-19,23-25H,3-15H2,1-2H3/p+1/t16-,17+,18-,19+,20-,21+,22-/m0/s1. The van der Waals surface area contributed by atoms with Crippen LogP contribution in [-0.2, 0) is 0 Å². The fraction of sp³-hybridized carbons (Fsp3) is 1.00. The number of aliphatic hydroxyl groups is 2. The molecule has 0 heterocycles. The summed E-state index contributed by atoms with van der Waals surface area (Å²) >= 11 is 0. The first-order chi connectivity index (χ1) is 11.9. The molecule has 0 unspecified atom stereocenters. The quantitative estimate of drug-likeness (QED) is 0.683. The van der Waals surface area contributed by atoms with Crippen LogP contribution in [-0.4, -0.2) is 35.5 Å². The van der Waals surface area contributed by atoms with Gasteiger partial charge in [-0.05, 0) is 80.5 Å². The Hall–Kier alpha value is -0.120. The first-order valence-corrected chi connectivity index (χ1v) is 11.1. The topological polar surface area (TPSA) is 57.1 Å². The highest BCUT2D eigenvalue weighted by Crippen LogP contribution is 2.67. The molecule has 3 nitrogen and oxygen atoms in total. The molecular formula is C22H40NO2+. The van der Waals surface area contributed by atoms with Crippen molar-refractivity contribution in [3.05, 3.63) is 0 Å². The van der Waals surface area contributed by atoms with Crippen molar-refractivity contribution in [2.45, 2.75) is 83.7 Å². The third-order valence-electron chi connectivity index (χ3n) is 9.72. The predicted octanol–water partition coefficient (Wildman–Crippen LogP) is 2.71. The molecule has 4 fully saturated rings. The highest BCUT2D eigenvalue weighted by atomic mass is 16.3. The minimum Gasteiger partial charge on any atom is -0.391 e. The number of aliphatic hydroxyl groups excluding tert-OH is 1. The molecule has 0 aromatic rings. The van der Waals surface area contributed by atoms with Crippen LogP contribution in [0, 0.1) is 34.5 Å². The molecular weight excluding hydrogens is 310 g/mol. The zero-order valence-electron chi connectivity index (χ0n) is 16.5. The molecule has 0 aromatic heterocycles. The summed E-state index contributed by atoms with van der Waals surface area (Å²) in [6.45, 7) is 6.74. The van der Waals surface area contributed by atoms with Crippen LogP contribution in [0.4, 0.5) is 0 Å². The lowest BCUT2D eigenvalue weighted by Gasteiger charge is -2.61. The summed E-state index contributed by atoms with van der Waals surface area (Å²) in [5.41, 5.74) is 0.159. The van der Waals surface area contributed by atoms with Crippen molar-refractivity contribution in [1.82, 2.24) is 0 Å². The number of nitrogens with two attached hydrogens (primary N) is 1. The van der Waals surface area contributed by atoms with Crippen LogP contribution in [0.3, 0.4) is 0 Å². The number of rotatable bonds is 4. The second kappa shape index (κ2) is 6.49. The van der Waals surface area contributed by atoms with E-state index in [1.165, 1.54) is 57.8 Å². The molecule has 4 saturated carbocycles. The number of quaternary nitrogens is 1. The lowest BCUT2D eigenvalue weighted by molar-refractivity contribution is -0.671. The van der Waals surface area contributed by atoms with Crippen LogP contribution < -0.4 is 5.32 Å². The van der Waals surface area contributed by atoms with Gasteiger partial charge in [-0.2, -0.15) is 0 Å². The normalized spacial score (nSPS) is 52.3. The minimum absolute atomic E-state index is 0.0952. The van der Waals surface area contributed by atoms with Crippen LogP contribution in [0.1, 0.15) is 78.1 Å². The number of hydrogen-bond acceptors (Lipinski definition) is 2. The number of fused-ring (bicyclic) bond motifs is 5. The zero-order valence-corrected chi connectivity index (χ0v) is 16.5. The smallest absolute Gasteiger partial charge is 0.119 e. The molecule has 4 aliphatic carbocycles. The largest absolute Gasteiger partial charge is 0.391 e. The molecule has 4 aliphatic rings. The lowest BCUT2D eigenvalue weighted by atomic mass is 9.44. The van der Waals surface area contributed by atoms with Crippen molar-refractivity contribution in [3.8, 4) is 0 Å². The maximum Gasteiger partial charge on any atom is 0.119 e. The Morgan fingerprint density at radius 1 is 0.920 bits per heavy atom. The Morgan fingerprint density at radius 2 is 1.72 bits per heavy atom. The van der Waals surface area contributed by atoms with Gasteiger partial charge in [-0.15, -0.1) is 0 Å². The molecule has 4 N–H and O–H groups in total. The van der Waals surface area contributed by atoms with Gasteiger partial charge in [0, 0.05) is 5.41 Å². The van der Waals surface area contributed by atoms with E-state index in [1.807, 2.05) is 0 Å². The SMILES string of the molecule is C[C@]12CCCC[C@H]1CC[C@H]1[C@H]3CC[C@](O)(C[NH2+]CCO)[C@]3(C)CC[C@@H]12. The maximum atomic E-state index is 11.5. The van der Waals surface area contributed by atoms with Gasteiger partial charge in [0.1, 0.15) is 12.1 Å². The van der Waals surface area contributed by atoms with Gasteiger partial charge in [0.25, 0.3) is 0 Å². The fourth-order valence-corrected chi connectivity index (χ4v) is 8.17.